The Hall–Kier alpha value is -2.01. The number of halogens is 1. The van der Waals surface area contributed by atoms with Gasteiger partial charge in [0.05, 0.1) is 7.11 Å². The van der Waals surface area contributed by atoms with Crippen molar-refractivity contribution in [2.75, 3.05) is 7.11 Å². The number of ether oxygens (including phenoxy) is 2. The Morgan fingerprint density at radius 2 is 1.95 bits per heavy atom. The Bertz CT molecular complexity index is 667. The van der Waals surface area contributed by atoms with E-state index in [-0.39, 0.29) is 5.56 Å². The second-order valence-electron chi connectivity index (χ2n) is 4.54. The molecule has 0 atom stereocenters. The third-order valence-corrected chi connectivity index (χ3v) is 3.52. The Morgan fingerprint density at radius 3 is 2.57 bits per heavy atom. The van der Waals surface area contributed by atoms with Gasteiger partial charge in [0.25, 0.3) is 0 Å². The van der Waals surface area contributed by atoms with Crippen LogP contribution in [-0.2, 0) is 6.61 Å². The quantitative estimate of drug-likeness (QED) is 0.883. The molecule has 4 nitrogen and oxygen atoms in total. The van der Waals surface area contributed by atoms with Gasteiger partial charge in [-0.25, -0.2) is 4.79 Å². The van der Waals surface area contributed by atoms with Crippen molar-refractivity contribution >= 4 is 21.9 Å². The highest BCUT2D eigenvalue weighted by Crippen LogP contribution is 2.25. The van der Waals surface area contributed by atoms with E-state index in [2.05, 4.69) is 15.9 Å². The van der Waals surface area contributed by atoms with Gasteiger partial charge in [-0.3, -0.25) is 0 Å². The van der Waals surface area contributed by atoms with Gasteiger partial charge in [-0.15, -0.1) is 0 Å². The van der Waals surface area contributed by atoms with Crippen molar-refractivity contribution in [1.29, 1.82) is 0 Å². The maximum Gasteiger partial charge on any atom is 0.339 e. The molecule has 110 valence electrons. The summed E-state index contributed by atoms with van der Waals surface area (Å²) >= 11 is 3.40. The second-order valence-corrected chi connectivity index (χ2v) is 5.45. The largest absolute Gasteiger partial charge is 0.496 e. The number of benzene rings is 2. The van der Waals surface area contributed by atoms with E-state index in [1.807, 2.05) is 25.1 Å². The van der Waals surface area contributed by atoms with Gasteiger partial charge in [0.2, 0.25) is 0 Å². The number of methoxy groups -OCH3 is 1. The van der Waals surface area contributed by atoms with E-state index in [1.54, 1.807) is 12.1 Å². The van der Waals surface area contributed by atoms with Gasteiger partial charge in [0.1, 0.15) is 23.7 Å². The van der Waals surface area contributed by atoms with E-state index in [1.165, 1.54) is 13.2 Å². The topological polar surface area (TPSA) is 55.8 Å². The van der Waals surface area contributed by atoms with E-state index in [9.17, 15) is 4.79 Å². The highest BCUT2D eigenvalue weighted by atomic mass is 79.9. The number of hydrogen-bond acceptors (Lipinski definition) is 3. The first-order valence-corrected chi connectivity index (χ1v) is 7.09. The van der Waals surface area contributed by atoms with Crippen LogP contribution in [0.3, 0.4) is 0 Å². The molecule has 0 saturated carbocycles. The molecule has 2 aromatic carbocycles. The third-order valence-electron chi connectivity index (χ3n) is 3.03. The summed E-state index contributed by atoms with van der Waals surface area (Å²) in [4.78, 5) is 11.0. The number of carboxylic acids is 1. The number of carboxylic acid groups (broad SMARTS) is 1. The third kappa shape index (κ3) is 3.76. The van der Waals surface area contributed by atoms with Gasteiger partial charge in [-0.2, -0.15) is 0 Å². The SMILES string of the molecule is COc1cc(COc2ccc(Br)cc2C)ccc1C(=O)O. The fraction of sp³-hybridized carbons (Fsp3) is 0.188. The summed E-state index contributed by atoms with van der Waals surface area (Å²) < 4.78 is 11.8. The van der Waals surface area contributed by atoms with Crippen LogP contribution in [0.15, 0.2) is 40.9 Å². The maximum absolute atomic E-state index is 11.0. The molecular weight excluding hydrogens is 336 g/mol. The van der Waals surface area contributed by atoms with Crippen molar-refractivity contribution in [1.82, 2.24) is 0 Å². The Labute approximate surface area is 131 Å². The number of rotatable bonds is 5. The molecule has 0 amide bonds. The highest BCUT2D eigenvalue weighted by molar-refractivity contribution is 9.10. The summed E-state index contributed by atoms with van der Waals surface area (Å²) in [5, 5.41) is 9.04. The van der Waals surface area contributed by atoms with Crippen molar-refractivity contribution in [3.8, 4) is 11.5 Å². The van der Waals surface area contributed by atoms with Gasteiger partial charge in [0, 0.05) is 4.47 Å². The molecule has 2 aromatic rings. The number of hydrogen-bond donors (Lipinski definition) is 1. The van der Waals surface area contributed by atoms with Gasteiger partial charge in [-0.05, 0) is 48.4 Å². The number of aryl methyl sites for hydroxylation is 1. The van der Waals surface area contributed by atoms with Crippen molar-refractivity contribution < 1.29 is 19.4 Å². The summed E-state index contributed by atoms with van der Waals surface area (Å²) in [6, 6.07) is 10.7. The lowest BCUT2D eigenvalue weighted by Gasteiger charge is -2.11. The summed E-state index contributed by atoms with van der Waals surface area (Å²) in [7, 11) is 1.45. The molecule has 1 N–H and O–H groups in total. The van der Waals surface area contributed by atoms with Crippen LogP contribution in [0.1, 0.15) is 21.5 Å². The standard InChI is InChI=1S/C16H15BrO4/c1-10-7-12(17)4-6-14(10)21-9-11-3-5-13(16(18)19)15(8-11)20-2/h3-8H,9H2,1-2H3,(H,18,19). The molecule has 5 heteroatoms. The molecule has 0 fully saturated rings. The fourth-order valence-corrected chi connectivity index (χ4v) is 2.41. The first kappa shape index (κ1) is 15.4. The predicted octanol–water partition coefficient (Wildman–Crippen LogP) is 4.04. The van der Waals surface area contributed by atoms with Gasteiger partial charge in [-0.1, -0.05) is 22.0 Å². The van der Waals surface area contributed by atoms with E-state index >= 15 is 0 Å². The molecule has 0 spiro atoms. The molecule has 0 aliphatic carbocycles. The monoisotopic (exact) mass is 350 g/mol. The molecule has 0 aromatic heterocycles. The normalized spacial score (nSPS) is 10.2. The number of carbonyl (C=O) groups is 1. The molecule has 0 aliphatic rings. The van der Waals surface area contributed by atoms with Crippen LogP contribution < -0.4 is 9.47 Å². The van der Waals surface area contributed by atoms with Gasteiger partial charge in [0.15, 0.2) is 0 Å². The molecule has 0 aliphatic heterocycles. The molecular formula is C16H15BrO4. The van der Waals surface area contributed by atoms with Crippen molar-refractivity contribution in [3.63, 3.8) is 0 Å². The van der Waals surface area contributed by atoms with Crippen LogP contribution in [0.25, 0.3) is 0 Å². The fourth-order valence-electron chi connectivity index (χ4n) is 1.94. The molecule has 2 rings (SSSR count). The second kappa shape index (κ2) is 6.63. The van der Waals surface area contributed by atoms with E-state index in [4.69, 9.17) is 14.6 Å². The molecule has 0 radical (unpaired) electrons. The smallest absolute Gasteiger partial charge is 0.339 e. The minimum absolute atomic E-state index is 0.140. The van der Waals surface area contributed by atoms with Crippen LogP contribution in [0.5, 0.6) is 11.5 Å². The molecule has 0 bridgehead atoms. The molecule has 0 saturated heterocycles. The summed E-state index contributed by atoms with van der Waals surface area (Å²) in [5.41, 5.74) is 2.01. The van der Waals surface area contributed by atoms with Gasteiger partial charge < -0.3 is 14.6 Å². The Balaban J connectivity index is 2.15. The van der Waals surface area contributed by atoms with E-state index in [0.717, 1.165) is 21.3 Å². The first-order valence-electron chi connectivity index (χ1n) is 6.30. The summed E-state index contributed by atoms with van der Waals surface area (Å²) in [6.45, 7) is 2.31. The zero-order valence-corrected chi connectivity index (χ0v) is 13.3. The Kier molecular flexibility index (Phi) is 4.85. The lowest BCUT2D eigenvalue weighted by Crippen LogP contribution is -2.03. The first-order chi connectivity index (χ1) is 10.0. The maximum atomic E-state index is 11.0. The van der Waals surface area contributed by atoms with Crippen LogP contribution in [-0.4, -0.2) is 18.2 Å². The van der Waals surface area contributed by atoms with Crippen LogP contribution >= 0.6 is 15.9 Å². The number of aromatic carboxylic acids is 1. The molecule has 0 unspecified atom stereocenters. The predicted molar refractivity (Wildman–Crippen MR) is 83.2 cm³/mol. The van der Waals surface area contributed by atoms with Crippen molar-refractivity contribution in [2.45, 2.75) is 13.5 Å². The van der Waals surface area contributed by atoms with E-state index < -0.39 is 5.97 Å². The Morgan fingerprint density at radius 1 is 1.19 bits per heavy atom. The molecule has 0 heterocycles. The van der Waals surface area contributed by atoms with Gasteiger partial charge >= 0.3 is 5.97 Å². The average Bonchev–Trinajstić information content (AvgIpc) is 2.45. The van der Waals surface area contributed by atoms with Crippen LogP contribution in [0.4, 0.5) is 0 Å². The molecule has 21 heavy (non-hydrogen) atoms. The lowest BCUT2D eigenvalue weighted by atomic mass is 10.1. The van der Waals surface area contributed by atoms with Crippen molar-refractivity contribution in [2.24, 2.45) is 0 Å². The van der Waals surface area contributed by atoms with Crippen LogP contribution in [0, 0.1) is 6.92 Å². The zero-order valence-electron chi connectivity index (χ0n) is 11.7. The average molecular weight is 351 g/mol. The van der Waals surface area contributed by atoms with E-state index in [0.29, 0.717) is 12.4 Å². The summed E-state index contributed by atoms with van der Waals surface area (Å²) in [5.74, 6) is 0.110. The zero-order chi connectivity index (χ0) is 15.4. The van der Waals surface area contributed by atoms with Crippen molar-refractivity contribution in [3.05, 3.63) is 57.6 Å². The minimum Gasteiger partial charge on any atom is -0.496 e. The summed E-state index contributed by atoms with van der Waals surface area (Å²) in [6.07, 6.45) is 0. The highest BCUT2D eigenvalue weighted by Gasteiger charge is 2.11. The lowest BCUT2D eigenvalue weighted by molar-refractivity contribution is 0.0693. The van der Waals surface area contributed by atoms with Crippen LogP contribution in [0.2, 0.25) is 0 Å². The minimum atomic E-state index is -1.01.